The lowest BCUT2D eigenvalue weighted by atomic mass is 10.0. The van der Waals surface area contributed by atoms with Crippen LogP contribution in [0.4, 0.5) is 10.1 Å². The van der Waals surface area contributed by atoms with Crippen molar-refractivity contribution in [1.29, 1.82) is 5.41 Å². The fraction of sp³-hybridized carbons (Fsp3) is 0.450. The number of amidine groups is 1. The van der Waals surface area contributed by atoms with Gasteiger partial charge in [-0.3, -0.25) is 5.41 Å². The van der Waals surface area contributed by atoms with Crippen molar-refractivity contribution in [2.45, 2.75) is 38.3 Å². The molecule has 2 aromatic rings. The molecule has 1 saturated heterocycles. The molecule has 0 saturated carbocycles. The summed E-state index contributed by atoms with van der Waals surface area (Å²) in [6, 6.07) is 5.63. The van der Waals surface area contributed by atoms with Crippen molar-refractivity contribution in [3.05, 3.63) is 35.8 Å². The van der Waals surface area contributed by atoms with E-state index in [9.17, 15) is 14.6 Å². The number of aliphatic hydroxyl groups is 1. The van der Waals surface area contributed by atoms with Gasteiger partial charge in [0, 0.05) is 24.2 Å². The van der Waals surface area contributed by atoms with E-state index in [0.29, 0.717) is 22.6 Å². The zero-order valence-corrected chi connectivity index (χ0v) is 16.6. The molecule has 0 amide bonds. The maximum absolute atomic E-state index is 13.3. The number of benzene rings is 1. The molecule has 156 valence electrons. The predicted molar refractivity (Wildman–Crippen MR) is 110 cm³/mol. The molecule has 8 nitrogen and oxygen atoms in total. The summed E-state index contributed by atoms with van der Waals surface area (Å²) in [7, 11) is 0. The molecule has 1 aliphatic rings. The average molecular weight is 402 g/mol. The van der Waals surface area contributed by atoms with Crippen LogP contribution in [-0.4, -0.2) is 57.5 Å². The van der Waals surface area contributed by atoms with E-state index in [1.54, 1.807) is 19.9 Å². The van der Waals surface area contributed by atoms with Crippen molar-refractivity contribution in [2.24, 2.45) is 0 Å². The molecular weight excluding hydrogens is 375 g/mol. The highest BCUT2D eigenvalue weighted by Gasteiger charge is 2.21. The Morgan fingerprint density at radius 3 is 2.66 bits per heavy atom. The minimum Gasteiger partial charge on any atom is -0.507 e. The molecular formula is C20H27FN6O2. The topological polar surface area (TPSA) is 126 Å². The number of hydrogen-bond donors (Lipinski definition) is 6. The van der Waals surface area contributed by atoms with E-state index in [0.717, 1.165) is 32.0 Å². The van der Waals surface area contributed by atoms with Crippen LogP contribution in [0.2, 0.25) is 0 Å². The van der Waals surface area contributed by atoms with Gasteiger partial charge >= 0.3 is 0 Å². The van der Waals surface area contributed by atoms with E-state index >= 15 is 0 Å². The Morgan fingerprint density at radius 1 is 1.28 bits per heavy atom. The summed E-state index contributed by atoms with van der Waals surface area (Å²) in [5, 5.41) is 46.3. The summed E-state index contributed by atoms with van der Waals surface area (Å²) in [6.45, 7) is 5.26. The van der Waals surface area contributed by atoms with Gasteiger partial charge in [0.05, 0.1) is 17.0 Å². The second-order valence-electron chi connectivity index (χ2n) is 7.86. The number of nitrogens with one attached hydrogen (secondary N) is 4. The first-order valence-electron chi connectivity index (χ1n) is 9.62. The number of piperidine rings is 1. The highest BCUT2D eigenvalue weighted by molar-refractivity contribution is 6.00. The number of nitrogens with zero attached hydrogens (tertiary/aromatic N) is 2. The predicted octanol–water partition coefficient (Wildman–Crippen LogP) is 1.84. The van der Waals surface area contributed by atoms with Gasteiger partial charge in [-0.05, 0) is 58.0 Å². The van der Waals surface area contributed by atoms with Gasteiger partial charge in [0.1, 0.15) is 17.4 Å². The molecule has 1 aliphatic heterocycles. The van der Waals surface area contributed by atoms with Gasteiger partial charge in [-0.25, -0.2) is 4.39 Å². The third kappa shape index (κ3) is 5.61. The molecule has 6 N–H and O–H groups in total. The quantitative estimate of drug-likeness (QED) is 0.322. The van der Waals surface area contributed by atoms with Gasteiger partial charge in [0.15, 0.2) is 5.69 Å². The first-order chi connectivity index (χ1) is 13.7. The smallest absolute Gasteiger partial charge is 0.150 e. The number of anilines is 1. The average Bonchev–Trinajstić information content (AvgIpc) is 2.66. The van der Waals surface area contributed by atoms with E-state index < -0.39 is 11.4 Å². The highest BCUT2D eigenvalue weighted by Crippen LogP contribution is 2.30. The molecule has 1 aromatic carbocycles. The normalized spacial score (nSPS) is 15.2. The Bertz CT molecular complexity index is 878. The maximum atomic E-state index is 13.3. The fourth-order valence-electron chi connectivity index (χ4n) is 3.11. The number of aromatic hydroxyl groups is 1. The first kappa shape index (κ1) is 20.9. The highest BCUT2D eigenvalue weighted by atomic mass is 19.1. The second kappa shape index (κ2) is 8.71. The first-order valence-corrected chi connectivity index (χ1v) is 9.62. The number of phenolic OH excluding ortho intramolecular Hbond substituents is 1. The summed E-state index contributed by atoms with van der Waals surface area (Å²) in [5.41, 5.74) is 0.659. The Balaban J connectivity index is 1.92. The van der Waals surface area contributed by atoms with E-state index in [2.05, 4.69) is 26.1 Å². The van der Waals surface area contributed by atoms with Crippen molar-refractivity contribution in [3.8, 4) is 17.0 Å². The second-order valence-corrected chi connectivity index (χ2v) is 7.86. The van der Waals surface area contributed by atoms with Crippen molar-refractivity contribution >= 4 is 11.5 Å². The van der Waals surface area contributed by atoms with E-state index in [1.807, 2.05) is 0 Å². The molecule has 0 radical (unpaired) electrons. The molecule has 3 rings (SSSR count). The minimum absolute atomic E-state index is 0.0333. The largest absolute Gasteiger partial charge is 0.507 e. The Hall–Kier alpha value is -2.78. The summed E-state index contributed by atoms with van der Waals surface area (Å²) >= 11 is 0. The number of phenols is 1. The van der Waals surface area contributed by atoms with Crippen LogP contribution in [0.15, 0.2) is 24.3 Å². The molecule has 0 unspecified atom stereocenters. The van der Waals surface area contributed by atoms with Crippen LogP contribution >= 0.6 is 0 Å². The number of hydrogen-bond acceptors (Lipinski definition) is 7. The van der Waals surface area contributed by atoms with Crippen molar-refractivity contribution < 1.29 is 14.6 Å². The summed E-state index contributed by atoms with van der Waals surface area (Å²) in [5.74, 6) is -0.734. The number of halogens is 1. The van der Waals surface area contributed by atoms with Crippen molar-refractivity contribution in [3.63, 3.8) is 0 Å². The van der Waals surface area contributed by atoms with Crippen LogP contribution in [0.5, 0.6) is 5.75 Å². The van der Waals surface area contributed by atoms with Gasteiger partial charge in [-0.1, -0.05) is 0 Å². The van der Waals surface area contributed by atoms with Crippen LogP contribution in [0.25, 0.3) is 11.3 Å². The lowest BCUT2D eigenvalue weighted by molar-refractivity contribution is 0.0849. The van der Waals surface area contributed by atoms with Crippen LogP contribution in [0, 0.1) is 11.2 Å². The number of rotatable bonds is 6. The molecule has 0 bridgehead atoms. The monoisotopic (exact) mass is 402 g/mol. The van der Waals surface area contributed by atoms with Crippen molar-refractivity contribution in [2.75, 3.05) is 25.0 Å². The van der Waals surface area contributed by atoms with Gasteiger partial charge < -0.3 is 26.2 Å². The summed E-state index contributed by atoms with van der Waals surface area (Å²) in [6.07, 6.45) is 1.84. The zero-order valence-electron chi connectivity index (χ0n) is 16.6. The van der Waals surface area contributed by atoms with Crippen LogP contribution in [0.1, 0.15) is 32.4 Å². The SMILES string of the molecule is CC(C)(O)CNC(=N)c1nnc(-c2ccc(F)cc2O)cc1NC1CCNCC1. The van der Waals surface area contributed by atoms with Crippen molar-refractivity contribution in [1.82, 2.24) is 20.8 Å². The van der Waals surface area contributed by atoms with Crippen LogP contribution < -0.4 is 16.0 Å². The van der Waals surface area contributed by atoms with E-state index in [4.69, 9.17) is 5.41 Å². The van der Waals surface area contributed by atoms with Crippen LogP contribution in [0.3, 0.4) is 0 Å². The lowest BCUT2D eigenvalue weighted by Gasteiger charge is -2.26. The maximum Gasteiger partial charge on any atom is 0.150 e. The van der Waals surface area contributed by atoms with E-state index in [1.165, 1.54) is 12.1 Å². The zero-order chi connectivity index (χ0) is 21.0. The molecule has 0 atom stereocenters. The third-order valence-electron chi connectivity index (χ3n) is 4.66. The van der Waals surface area contributed by atoms with Crippen LogP contribution in [-0.2, 0) is 0 Å². The van der Waals surface area contributed by atoms with Gasteiger partial charge in [0.25, 0.3) is 0 Å². The van der Waals surface area contributed by atoms with Gasteiger partial charge in [0.2, 0.25) is 0 Å². The minimum atomic E-state index is -0.984. The molecule has 29 heavy (non-hydrogen) atoms. The Morgan fingerprint density at radius 2 is 2.00 bits per heavy atom. The summed E-state index contributed by atoms with van der Waals surface area (Å²) in [4.78, 5) is 0. The van der Waals surface area contributed by atoms with Gasteiger partial charge in [-0.15, -0.1) is 10.2 Å². The lowest BCUT2D eigenvalue weighted by Crippen LogP contribution is -2.39. The molecule has 1 fully saturated rings. The molecule has 0 spiro atoms. The Labute approximate surface area is 169 Å². The molecule has 0 aliphatic carbocycles. The standard InChI is InChI=1S/C20H27FN6O2/c1-20(2,29)11-24-19(22)18-16(25-13-5-7-23-8-6-13)10-15(26-27-18)14-4-3-12(21)9-17(14)28/h3-4,9-10,13,23,28-29H,5-8,11H2,1-2H3,(H2,22,24)(H,25,26). The molecule has 2 heterocycles. The van der Waals surface area contributed by atoms with E-state index in [-0.39, 0.29) is 24.2 Å². The molecule has 9 heteroatoms. The Kier molecular flexibility index (Phi) is 6.29. The third-order valence-corrected chi connectivity index (χ3v) is 4.66. The summed E-state index contributed by atoms with van der Waals surface area (Å²) < 4.78 is 13.3. The number of aromatic nitrogens is 2. The van der Waals surface area contributed by atoms with Gasteiger partial charge in [-0.2, -0.15) is 0 Å². The molecule has 1 aromatic heterocycles. The fourth-order valence-corrected chi connectivity index (χ4v) is 3.11.